The molecule has 0 bridgehead atoms. The number of aromatic nitrogens is 3. The quantitative estimate of drug-likeness (QED) is 0.923. The van der Waals surface area contributed by atoms with Crippen LogP contribution in [0.25, 0.3) is 0 Å². The zero-order chi connectivity index (χ0) is 17.4. The number of halogens is 3. The molecule has 1 atom stereocenters. The fourth-order valence-corrected chi connectivity index (χ4v) is 2.90. The van der Waals surface area contributed by atoms with Crippen LogP contribution in [0.3, 0.4) is 0 Å². The summed E-state index contributed by atoms with van der Waals surface area (Å²) in [4.78, 5) is 9.41. The smallest absolute Gasteiger partial charge is 0.388 e. The summed E-state index contributed by atoms with van der Waals surface area (Å²) >= 11 is 0. The number of hydrogen-bond acceptors (Lipinski definition) is 6. The lowest BCUT2D eigenvalue weighted by Gasteiger charge is -2.39. The molecule has 0 amide bonds. The molecule has 1 aliphatic heterocycles. The van der Waals surface area contributed by atoms with Crippen molar-refractivity contribution >= 4 is 5.82 Å². The van der Waals surface area contributed by atoms with Crippen molar-refractivity contribution in [2.45, 2.75) is 38.0 Å². The van der Waals surface area contributed by atoms with Gasteiger partial charge in [0.05, 0.1) is 12.0 Å². The van der Waals surface area contributed by atoms with Gasteiger partial charge < -0.3 is 14.5 Å². The number of rotatable bonds is 3. The van der Waals surface area contributed by atoms with Crippen LogP contribution in [0.1, 0.15) is 30.3 Å². The van der Waals surface area contributed by atoms with E-state index >= 15 is 0 Å². The highest BCUT2D eigenvalue weighted by atomic mass is 19.4. The van der Waals surface area contributed by atoms with E-state index in [-0.39, 0.29) is 18.8 Å². The molecule has 6 nitrogen and oxygen atoms in total. The summed E-state index contributed by atoms with van der Waals surface area (Å²) in [7, 11) is 0. The van der Waals surface area contributed by atoms with E-state index < -0.39 is 17.5 Å². The highest BCUT2D eigenvalue weighted by molar-refractivity contribution is 5.41. The van der Waals surface area contributed by atoms with Crippen molar-refractivity contribution in [2.75, 3.05) is 18.0 Å². The van der Waals surface area contributed by atoms with Crippen LogP contribution in [-0.2, 0) is 12.6 Å². The summed E-state index contributed by atoms with van der Waals surface area (Å²) in [6, 6.07) is 3.76. The van der Waals surface area contributed by atoms with Crippen molar-refractivity contribution < 1.29 is 22.8 Å². The van der Waals surface area contributed by atoms with Crippen LogP contribution in [0, 0.1) is 6.92 Å². The SMILES string of the molecule is Cc1noc(CC2(O)CCCN(c3cccc(C(F)(F)F)n3)C2)n1. The minimum atomic E-state index is -4.50. The van der Waals surface area contributed by atoms with Crippen LogP contribution in [0.4, 0.5) is 19.0 Å². The number of alkyl halides is 3. The predicted octanol–water partition coefficient (Wildman–Crippen LogP) is 2.37. The van der Waals surface area contributed by atoms with E-state index in [1.54, 1.807) is 11.8 Å². The fourth-order valence-electron chi connectivity index (χ4n) is 2.90. The molecule has 1 fully saturated rings. The Morgan fingerprint density at radius 2 is 2.12 bits per heavy atom. The zero-order valence-corrected chi connectivity index (χ0v) is 13.0. The molecule has 1 aliphatic rings. The molecular weight excluding hydrogens is 325 g/mol. The average molecular weight is 342 g/mol. The lowest BCUT2D eigenvalue weighted by molar-refractivity contribution is -0.141. The van der Waals surface area contributed by atoms with Gasteiger partial charge in [-0.05, 0) is 31.9 Å². The molecule has 0 radical (unpaired) electrons. The van der Waals surface area contributed by atoms with E-state index in [4.69, 9.17) is 4.52 Å². The van der Waals surface area contributed by atoms with Gasteiger partial charge in [0.1, 0.15) is 11.5 Å². The van der Waals surface area contributed by atoms with Gasteiger partial charge in [0, 0.05) is 13.1 Å². The third-order valence-electron chi connectivity index (χ3n) is 3.95. The maximum absolute atomic E-state index is 12.8. The molecule has 2 aromatic rings. The second-order valence-electron chi connectivity index (χ2n) is 6.04. The summed E-state index contributed by atoms with van der Waals surface area (Å²) < 4.78 is 43.5. The van der Waals surface area contributed by atoms with Gasteiger partial charge in [-0.25, -0.2) is 4.98 Å². The fraction of sp³-hybridized carbons (Fsp3) is 0.533. The monoisotopic (exact) mass is 342 g/mol. The maximum atomic E-state index is 12.8. The normalized spacial score (nSPS) is 22.0. The molecule has 1 N–H and O–H groups in total. The van der Waals surface area contributed by atoms with Crippen LogP contribution in [0.15, 0.2) is 22.7 Å². The Morgan fingerprint density at radius 1 is 1.33 bits per heavy atom. The minimum Gasteiger partial charge on any atom is -0.388 e. The molecule has 1 unspecified atom stereocenters. The molecule has 9 heteroatoms. The molecule has 0 spiro atoms. The Labute approximate surface area is 136 Å². The first-order valence-corrected chi connectivity index (χ1v) is 7.56. The molecule has 3 rings (SSSR count). The Balaban J connectivity index is 1.78. The predicted molar refractivity (Wildman–Crippen MR) is 78.4 cm³/mol. The molecule has 0 aromatic carbocycles. The van der Waals surface area contributed by atoms with E-state index in [1.807, 2.05) is 0 Å². The van der Waals surface area contributed by atoms with Gasteiger partial charge in [0.15, 0.2) is 5.82 Å². The van der Waals surface area contributed by atoms with E-state index in [1.165, 1.54) is 12.1 Å². The van der Waals surface area contributed by atoms with Crippen molar-refractivity contribution in [3.8, 4) is 0 Å². The molecule has 1 saturated heterocycles. The third kappa shape index (κ3) is 3.66. The van der Waals surface area contributed by atoms with Gasteiger partial charge in [-0.2, -0.15) is 18.2 Å². The van der Waals surface area contributed by atoms with Gasteiger partial charge in [0.2, 0.25) is 5.89 Å². The number of anilines is 1. The number of aryl methyl sites for hydroxylation is 1. The van der Waals surface area contributed by atoms with Crippen molar-refractivity contribution in [3.63, 3.8) is 0 Å². The number of hydrogen-bond donors (Lipinski definition) is 1. The first-order valence-electron chi connectivity index (χ1n) is 7.56. The Kier molecular flexibility index (Phi) is 4.20. The average Bonchev–Trinajstić information content (AvgIpc) is 2.91. The van der Waals surface area contributed by atoms with E-state index in [0.29, 0.717) is 31.1 Å². The highest BCUT2D eigenvalue weighted by Gasteiger charge is 2.37. The standard InChI is InChI=1S/C15H17F3N4O2/c1-10-19-13(24-21-10)8-14(23)6-3-7-22(9-14)12-5-2-4-11(20-12)15(16,17)18/h2,4-5,23H,3,6-9H2,1H3. The Hall–Kier alpha value is -2.16. The lowest BCUT2D eigenvalue weighted by atomic mass is 9.89. The van der Waals surface area contributed by atoms with Gasteiger partial charge in [-0.1, -0.05) is 11.2 Å². The molecular formula is C15H17F3N4O2. The number of nitrogens with zero attached hydrogens (tertiary/aromatic N) is 4. The summed E-state index contributed by atoms with van der Waals surface area (Å²) in [5.41, 5.74) is -2.09. The van der Waals surface area contributed by atoms with Gasteiger partial charge in [-0.15, -0.1) is 0 Å². The van der Waals surface area contributed by atoms with Crippen LogP contribution in [-0.4, -0.2) is 38.9 Å². The Morgan fingerprint density at radius 3 is 2.79 bits per heavy atom. The number of pyridine rings is 1. The Bertz CT molecular complexity index is 719. The lowest BCUT2D eigenvalue weighted by Crippen LogP contribution is -2.50. The molecule has 3 heterocycles. The molecule has 130 valence electrons. The molecule has 2 aromatic heterocycles. The molecule has 0 aliphatic carbocycles. The largest absolute Gasteiger partial charge is 0.433 e. The van der Waals surface area contributed by atoms with Crippen LogP contribution < -0.4 is 4.90 Å². The van der Waals surface area contributed by atoms with Crippen LogP contribution >= 0.6 is 0 Å². The molecule has 24 heavy (non-hydrogen) atoms. The molecule has 0 saturated carbocycles. The van der Waals surface area contributed by atoms with Gasteiger partial charge in [-0.3, -0.25) is 0 Å². The zero-order valence-electron chi connectivity index (χ0n) is 13.0. The topological polar surface area (TPSA) is 75.3 Å². The highest BCUT2D eigenvalue weighted by Crippen LogP contribution is 2.31. The first kappa shape index (κ1) is 16.7. The number of β-amino-alcohol motifs (C(OH)–C–C–N with tert-alkyl or cyclic N) is 1. The summed E-state index contributed by atoms with van der Waals surface area (Å²) in [6.45, 7) is 2.36. The number of aliphatic hydroxyl groups is 1. The van der Waals surface area contributed by atoms with Crippen molar-refractivity contribution in [1.82, 2.24) is 15.1 Å². The van der Waals surface area contributed by atoms with Gasteiger partial charge in [0.25, 0.3) is 0 Å². The second-order valence-corrected chi connectivity index (χ2v) is 6.04. The minimum absolute atomic E-state index is 0.155. The summed E-state index contributed by atoms with van der Waals surface area (Å²) in [6.07, 6.45) is -3.21. The van der Waals surface area contributed by atoms with Crippen molar-refractivity contribution in [2.24, 2.45) is 0 Å². The van der Waals surface area contributed by atoms with Crippen molar-refractivity contribution in [3.05, 3.63) is 35.6 Å². The number of piperidine rings is 1. The third-order valence-corrected chi connectivity index (χ3v) is 3.95. The van der Waals surface area contributed by atoms with Crippen LogP contribution in [0.2, 0.25) is 0 Å². The second kappa shape index (κ2) is 6.04. The summed E-state index contributed by atoms with van der Waals surface area (Å²) in [5, 5.41) is 14.5. The maximum Gasteiger partial charge on any atom is 0.433 e. The summed E-state index contributed by atoms with van der Waals surface area (Å²) in [5.74, 6) is 0.985. The van der Waals surface area contributed by atoms with Gasteiger partial charge >= 0.3 is 6.18 Å². The van der Waals surface area contributed by atoms with Crippen molar-refractivity contribution in [1.29, 1.82) is 0 Å². The van der Waals surface area contributed by atoms with E-state index in [0.717, 1.165) is 6.07 Å². The van der Waals surface area contributed by atoms with E-state index in [9.17, 15) is 18.3 Å². The first-order chi connectivity index (χ1) is 11.3. The van der Waals surface area contributed by atoms with Crippen LogP contribution in [0.5, 0.6) is 0 Å². The van der Waals surface area contributed by atoms with E-state index in [2.05, 4.69) is 15.1 Å².